The number of carbonyl (C=O) groups is 1. The molecule has 0 aromatic carbocycles. The Hall–Kier alpha value is -0.920. The van der Waals surface area contributed by atoms with Gasteiger partial charge < -0.3 is 21.1 Å². The number of carbonyl (C=O) groups excluding carboxylic acids is 1. The minimum atomic E-state index is -0.962. The smallest absolute Gasteiger partial charge is 0.229 e. The van der Waals surface area contributed by atoms with Crippen molar-refractivity contribution in [2.75, 3.05) is 59.0 Å². The normalized spacial score (nSPS) is 43.4. The van der Waals surface area contributed by atoms with Crippen molar-refractivity contribution in [3.8, 4) is 0 Å². The van der Waals surface area contributed by atoms with Crippen LogP contribution in [0.5, 0.6) is 0 Å². The number of alkyl halides is 1. The molecule has 31 heavy (non-hydrogen) atoms. The van der Waals surface area contributed by atoms with E-state index >= 15 is 0 Å². The summed E-state index contributed by atoms with van der Waals surface area (Å²) >= 11 is 0. The average Bonchev–Trinajstić information content (AvgIpc) is 3.02. The van der Waals surface area contributed by atoms with Crippen LogP contribution in [0.15, 0.2) is 0 Å². The van der Waals surface area contributed by atoms with Crippen LogP contribution in [0.2, 0.25) is 0 Å². The zero-order chi connectivity index (χ0) is 21.5. The third kappa shape index (κ3) is 4.34. The second kappa shape index (κ2) is 9.14. The van der Waals surface area contributed by atoms with Crippen LogP contribution in [0.3, 0.4) is 0 Å². The maximum atomic E-state index is 13.7. The van der Waals surface area contributed by atoms with Crippen molar-refractivity contribution in [1.82, 2.24) is 36.2 Å². The van der Waals surface area contributed by atoms with Gasteiger partial charge in [-0.25, -0.2) is 14.8 Å². The van der Waals surface area contributed by atoms with Crippen molar-refractivity contribution in [2.24, 2.45) is 11.7 Å². The second-order valence-electron chi connectivity index (χ2n) is 9.73. The predicted octanol–water partition coefficient (Wildman–Crippen LogP) is -2.77. The fraction of sp³-hybridized carbons (Fsp3) is 0.950. The molecule has 11 heteroatoms. The van der Waals surface area contributed by atoms with Gasteiger partial charge in [-0.05, 0) is 19.9 Å². The third-order valence-electron chi connectivity index (χ3n) is 7.67. The predicted molar refractivity (Wildman–Crippen MR) is 114 cm³/mol. The summed E-state index contributed by atoms with van der Waals surface area (Å²) in [6.45, 7) is 9.30. The zero-order valence-electron chi connectivity index (χ0n) is 18.3. The van der Waals surface area contributed by atoms with Gasteiger partial charge in [-0.1, -0.05) is 0 Å². The van der Waals surface area contributed by atoms with Gasteiger partial charge in [-0.3, -0.25) is 19.9 Å². The summed E-state index contributed by atoms with van der Waals surface area (Å²) in [6.07, 6.45) is -0.751. The molecule has 0 saturated carbocycles. The number of nitrogens with two attached hydrogens (primary N) is 1. The number of halogens is 1. The Labute approximate surface area is 183 Å². The number of ether oxygens (including phenoxy) is 1. The fourth-order valence-corrected chi connectivity index (χ4v) is 5.90. The Morgan fingerprint density at radius 3 is 2.81 bits per heavy atom. The molecule has 0 aromatic rings. The highest BCUT2D eigenvalue weighted by Gasteiger charge is 2.48. The lowest BCUT2D eigenvalue weighted by molar-refractivity contribution is -0.129. The van der Waals surface area contributed by atoms with E-state index in [2.05, 4.69) is 38.1 Å². The molecule has 5 fully saturated rings. The topological polar surface area (TPSA) is 110 Å². The summed E-state index contributed by atoms with van der Waals surface area (Å²) in [7, 11) is 0. The molecule has 5 aliphatic rings. The monoisotopic (exact) mass is 440 g/mol. The Morgan fingerprint density at radius 1 is 1.23 bits per heavy atom. The summed E-state index contributed by atoms with van der Waals surface area (Å²) in [5, 5.41) is 11.6. The Kier molecular flexibility index (Phi) is 6.46. The van der Waals surface area contributed by atoms with Gasteiger partial charge in [0.15, 0.2) is 0 Å². The van der Waals surface area contributed by atoms with Crippen molar-refractivity contribution >= 4 is 5.91 Å². The number of piperazine rings is 1. The highest BCUT2D eigenvalue weighted by Crippen LogP contribution is 2.25. The highest BCUT2D eigenvalue weighted by atomic mass is 19.1. The standard InChI is InChI=1S/C20H37FN8O2/c1-12-8-27(14-10-31-11-14)4-5-28(12)16-2-3-23-7-15(16)25-20(30)17-18(22)26-29-9-13(21)6-24-19(17)29/h12-19,23-24,26H,2-11,22H2,1H3,(H,25,30)/t12-,13?,15?,16?,17?,18?,19?/m1/s1. The van der Waals surface area contributed by atoms with E-state index in [4.69, 9.17) is 10.5 Å². The zero-order valence-corrected chi connectivity index (χ0v) is 18.3. The van der Waals surface area contributed by atoms with Crippen LogP contribution in [-0.2, 0) is 9.53 Å². The van der Waals surface area contributed by atoms with Crippen molar-refractivity contribution in [3.05, 3.63) is 0 Å². The van der Waals surface area contributed by atoms with E-state index in [1.54, 1.807) is 5.01 Å². The van der Waals surface area contributed by atoms with Crippen LogP contribution in [0.4, 0.5) is 4.39 Å². The van der Waals surface area contributed by atoms with Gasteiger partial charge in [0.2, 0.25) is 5.91 Å². The molecule has 6 N–H and O–H groups in total. The van der Waals surface area contributed by atoms with Gasteiger partial charge in [0.05, 0.1) is 43.5 Å². The fourth-order valence-electron chi connectivity index (χ4n) is 5.90. The lowest BCUT2D eigenvalue weighted by atomic mass is 9.94. The van der Waals surface area contributed by atoms with Gasteiger partial charge in [0, 0.05) is 51.4 Å². The van der Waals surface area contributed by atoms with Crippen LogP contribution in [0.1, 0.15) is 13.3 Å². The van der Waals surface area contributed by atoms with Gasteiger partial charge in [0.1, 0.15) is 6.17 Å². The molecule has 0 spiro atoms. The summed E-state index contributed by atoms with van der Waals surface area (Å²) < 4.78 is 19.1. The quantitative estimate of drug-likeness (QED) is 0.317. The molecule has 0 radical (unpaired) electrons. The maximum Gasteiger partial charge on any atom is 0.229 e. The number of fused-ring (bicyclic) bond motifs is 1. The molecule has 6 unspecified atom stereocenters. The molecular weight excluding hydrogens is 403 g/mol. The molecule has 1 amide bonds. The number of piperidine rings is 1. The summed E-state index contributed by atoms with van der Waals surface area (Å²) in [4.78, 5) is 18.4. The highest BCUT2D eigenvalue weighted by molar-refractivity contribution is 5.81. The lowest BCUT2D eigenvalue weighted by Crippen LogP contribution is -2.67. The first-order chi connectivity index (χ1) is 15.0. The van der Waals surface area contributed by atoms with Gasteiger partial charge in [-0.2, -0.15) is 0 Å². The van der Waals surface area contributed by atoms with Crippen molar-refractivity contribution in [2.45, 2.75) is 56.0 Å². The molecule has 10 nitrogen and oxygen atoms in total. The first-order valence-electron chi connectivity index (χ1n) is 11.8. The number of nitrogens with zero attached hydrogens (tertiary/aromatic N) is 3. The van der Waals surface area contributed by atoms with Crippen LogP contribution in [-0.4, -0.2) is 122 Å². The molecule has 5 aliphatic heterocycles. The number of hydrazine groups is 1. The number of rotatable bonds is 4. The van der Waals surface area contributed by atoms with E-state index in [1.165, 1.54) is 0 Å². The molecule has 0 aliphatic carbocycles. The largest absolute Gasteiger partial charge is 0.378 e. The molecule has 7 atom stereocenters. The number of hydrogen-bond donors (Lipinski definition) is 5. The van der Waals surface area contributed by atoms with Crippen molar-refractivity contribution in [1.29, 1.82) is 0 Å². The minimum Gasteiger partial charge on any atom is -0.378 e. The lowest BCUT2D eigenvalue weighted by Gasteiger charge is -2.50. The Bertz CT molecular complexity index is 655. The summed E-state index contributed by atoms with van der Waals surface area (Å²) in [5.74, 6) is -0.517. The molecule has 5 heterocycles. The molecule has 5 saturated heterocycles. The van der Waals surface area contributed by atoms with Crippen LogP contribution in [0, 0.1) is 5.92 Å². The van der Waals surface area contributed by atoms with Gasteiger partial charge in [-0.15, -0.1) is 0 Å². The molecular formula is C20H37FN8O2. The number of amides is 1. The minimum absolute atomic E-state index is 0.0288. The summed E-state index contributed by atoms with van der Waals surface area (Å²) in [6, 6.07) is 1.33. The van der Waals surface area contributed by atoms with Crippen LogP contribution >= 0.6 is 0 Å². The van der Waals surface area contributed by atoms with E-state index in [-0.39, 0.29) is 31.2 Å². The molecule has 0 aromatic heterocycles. The first kappa shape index (κ1) is 21.9. The average molecular weight is 441 g/mol. The van der Waals surface area contributed by atoms with E-state index in [0.29, 0.717) is 18.1 Å². The Balaban J connectivity index is 1.22. The first-order valence-corrected chi connectivity index (χ1v) is 11.8. The maximum absolute atomic E-state index is 13.7. The van der Waals surface area contributed by atoms with E-state index in [9.17, 15) is 9.18 Å². The SMILES string of the molecule is C[C@@H]1CN(C2COC2)CCN1C1CCNCC1NC(=O)C1C(N)NN2CC(F)CNC12. The van der Waals surface area contributed by atoms with Crippen molar-refractivity contribution < 1.29 is 13.9 Å². The molecule has 0 bridgehead atoms. The summed E-state index contributed by atoms with van der Waals surface area (Å²) in [5.41, 5.74) is 9.30. The molecule has 5 rings (SSSR count). The second-order valence-corrected chi connectivity index (χ2v) is 9.73. The number of nitrogens with one attached hydrogen (secondary N) is 4. The van der Waals surface area contributed by atoms with E-state index < -0.39 is 18.3 Å². The van der Waals surface area contributed by atoms with Gasteiger partial charge >= 0.3 is 0 Å². The van der Waals surface area contributed by atoms with E-state index in [1.807, 2.05) is 0 Å². The third-order valence-corrected chi connectivity index (χ3v) is 7.67. The van der Waals surface area contributed by atoms with Crippen LogP contribution < -0.4 is 27.1 Å². The van der Waals surface area contributed by atoms with E-state index in [0.717, 1.165) is 52.4 Å². The molecule has 176 valence electrons. The van der Waals surface area contributed by atoms with Gasteiger partial charge in [0.25, 0.3) is 0 Å². The van der Waals surface area contributed by atoms with Crippen LogP contribution in [0.25, 0.3) is 0 Å². The number of hydrogen-bond acceptors (Lipinski definition) is 9. The Morgan fingerprint density at radius 2 is 2.06 bits per heavy atom. The van der Waals surface area contributed by atoms with Crippen molar-refractivity contribution in [3.63, 3.8) is 0 Å².